The zero-order valence-electron chi connectivity index (χ0n) is 10.4. The highest BCUT2D eigenvalue weighted by atomic mass is 16.5. The van der Waals surface area contributed by atoms with Gasteiger partial charge < -0.3 is 9.47 Å². The smallest absolute Gasteiger partial charge is 0.305 e. The van der Waals surface area contributed by atoms with Gasteiger partial charge in [0.2, 0.25) is 0 Å². The van der Waals surface area contributed by atoms with Crippen molar-refractivity contribution >= 4 is 5.97 Å². The standard InChI is InChI=1S/C13H24O3/c1-2-15-13(14)10-5-3-4-8-12-9-6-7-11-16-12/h12H,2-11H2,1H3. The highest BCUT2D eigenvalue weighted by Gasteiger charge is 2.12. The number of rotatable bonds is 7. The topological polar surface area (TPSA) is 35.5 Å². The molecule has 0 aromatic carbocycles. The number of carbonyl (C=O) groups is 1. The van der Waals surface area contributed by atoms with Crippen molar-refractivity contribution in [1.82, 2.24) is 0 Å². The summed E-state index contributed by atoms with van der Waals surface area (Å²) >= 11 is 0. The van der Waals surface area contributed by atoms with E-state index >= 15 is 0 Å². The molecule has 0 spiro atoms. The summed E-state index contributed by atoms with van der Waals surface area (Å²) in [4.78, 5) is 11.1. The molecule has 0 bridgehead atoms. The first-order valence-corrected chi connectivity index (χ1v) is 6.60. The molecule has 1 aliphatic heterocycles. The monoisotopic (exact) mass is 228 g/mol. The van der Waals surface area contributed by atoms with Crippen LogP contribution in [-0.2, 0) is 14.3 Å². The van der Waals surface area contributed by atoms with Gasteiger partial charge in [-0.1, -0.05) is 12.8 Å². The highest BCUT2D eigenvalue weighted by molar-refractivity contribution is 5.69. The molecular weight excluding hydrogens is 204 g/mol. The van der Waals surface area contributed by atoms with Crippen LogP contribution < -0.4 is 0 Å². The molecule has 1 heterocycles. The fourth-order valence-electron chi connectivity index (χ4n) is 2.09. The molecular formula is C13H24O3. The molecule has 3 heteroatoms. The largest absolute Gasteiger partial charge is 0.466 e. The maximum absolute atomic E-state index is 11.1. The molecule has 0 N–H and O–H groups in total. The van der Waals surface area contributed by atoms with Gasteiger partial charge in [-0.15, -0.1) is 0 Å². The van der Waals surface area contributed by atoms with Crippen molar-refractivity contribution in [2.75, 3.05) is 13.2 Å². The van der Waals surface area contributed by atoms with Crippen LogP contribution in [0.15, 0.2) is 0 Å². The van der Waals surface area contributed by atoms with Crippen LogP contribution in [0.3, 0.4) is 0 Å². The molecule has 1 saturated heterocycles. The molecule has 1 unspecified atom stereocenters. The maximum atomic E-state index is 11.1. The first-order chi connectivity index (χ1) is 7.83. The van der Waals surface area contributed by atoms with Crippen molar-refractivity contribution in [1.29, 1.82) is 0 Å². The summed E-state index contributed by atoms with van der Waals surface area (Å²) < 4.78 is 10.5. The minimum atomic E-state index is -0.0589. The minimum Gasteiger partial charge on any atom is -0.466 e. The molecule has 0 aromatic rings. The van der Waals surface area contributed by atoms with Crippen molar-refractivity contribution in [2.24, 2.45) is 0 Å². The molecule has 1 atom stereocenters. The molecule has 0 radical (unpaired) electrons. The lowest BCUT2D eigenvalue weighted by molar-refractivity contribution is -0.143. The van der Waals surface area contributed by atoms with E-state index in [4.69, 9.17) is 9.47 Å². The normalized spacial score (nSPS) is 20.7. The molecule has 1 rings (SSSR count). The summed E-state index contributed by atoms with van der Waals surface area (Å²) in [7, 11) is 0. The fourth-order valence-corrected chi connectivity index (χ4v) is 2.09. The molecule has 16 heavy (non-hydrogen) atoms. The maximum Gasteiger partial charge on any atom is 0.305 e. The summed E-state index contributed by atoms with van der Waals surface area (Å²) in [6.45, 7) is 3.28. The number of ether oxygens (including phenoxy) is 2. The van der Waals surface area contributed by atoms with Crippen LogP contribution in [-0.4, -0.2) is 25.3 Å². The van der Waals surface area contributed by atoms with E-state index in [1.807, 2.05) is 6.92 Å². The van der Waals surface area contributed by atoms with Crippen LogP contribution in [0.2, 0.25) is 0 Å². The summed E-state index contributed by atoms with van der Waals surface area (Å²) in [6, 6.07) is 0. The van der Waals surface area contributed by atoms with Crippen molar-refractivity contribution in [3.63, 3.8) is 0 Å². The van der Waals surface area contributed by atoms with Gasteiger partial charge in [-0.3, -0.25) is 4.79 Å². The average Bonchev–Trinajstić information content (AvgIpc) is 2.30. The summed E-state index contributed by atoms with van der Waals surface area (Å²) in [5.41, 5.74) is 0. The van der Waals surface area contributed by atoms with E-state index in [2.05, 4.69) is 0 Å². The molecule has 1 fully saturated rings. The molecule has 3 nitrogen and oxygen atoms in total. The lowest BCUT2D eigenvalue weighted by Gasteiger charge is -2.22. The number of carbonyl (C=O) groups excluding carboxylic acids is 1. The van der Waals surface area contributed by atoms with Gasteiger partial charge in [-0.05, 0) is 39.0 Å². The summed E-state index contributed by atoms with van der Waals surface area (Å²) in [5, 5.41) is 0. The predicted octanol–water partition coefficient (Wildman–Crippen LogP) is 3.07. The molecule has 0 amide bonds. The Morgan fingerprint density at radius 3 is 2.88 bits per heavy atom. The van der Waals surface area contributed by atoms with E-state index in [1.165, 1.54) is 25.7 Å². The van der Waals surface area contributed by atoms with Crippen LogP contribution in [0.25, 0.3) is 0 Å². The third kappa shape index (κ3) is 6.11. The van der Waals surface area contributed by atoms with Crippen molar-refractivity contribution in [2.45, 2.75) is 64.4 Å². The summed E-state index contributed by atoms with van der Waals surface area (Å²) in [6.07, 6.45) is 9.19. The highest BCUT2D eigenvalue weighted by Crippen LogP contribution is 2.18. The fraction of sp³-hybridized carbons (Fsp3) is 0.923. The predicted molar refractivity (Wildman–Crippen MR) is 63.3 cm³/mol. The lowest BCUT2D eigenvalue weighted by Crippen LogP contribution is -2.18. The second-order valence-corrected chi connectivity index (χ2v) is 4.39. The Labute approximate surface area is 98.5 Å². The first-order valence-electron chi connectivity index (χ1n) is 6.60. The van der Waals surface area contributed by atoms with E-state index in [9.17, 15) is 4.79 Å². The second kappa shape index (κ2) is 8.57. The van der Waals surface area contributed by atoms with Crippen molar-refractivity contribution in [3.8, 4) is 0 Å². The van der Waals surface area contributed by atoms with Crippen LogP contribution >= 0.6 is 0 Å². The van der Waals surface area contributed by atoms with Crippen LogP contribution in [0.5, 0.6) is 0 Å². The van der Waals surface area contributed by atoms with Crippen LogP contribution in [0, 0.1) is 0 Å². The average molecular weight is 228 g/mol. The number of hydrogen-bond donors (Lipinski definition) is 0. The quantitative estimate of drug-likeness (QED) is 0.496. The third-order valence-electron chi connectivity index (χ3n) is 2.99. The van der Waals surface area contributed by atoms with Gasteiger partial charge in [0.1, 0.15) is 0 Å². The zero-order valence-corrected chi connectivity index (χ0v) is 10.4. The second-order valence-electron chi connectivity index (χ2n) is 4.39. The number of unbranched alkanes of at least 4 members (excludes halogenated alkanes) is 2. The Balaban J connectivity index is 1.89. The van der Waals surface area contributed by atoms with Gasteiger partial charge in [0.15, 0.2) is 0 Å². The number of esters is 1. The Morgan fingerprint density at radius 2 is 2.19 bits per heavy atom. The summed E-state index contributed by atoms with van der Waals surface area (Å²) in [5.74, 6) is -0.0589. The Morgan fingerprint density at radius 1 is 1.31 bits per heavy atom. The Bertz CT molecular complexity index is 186. The van der Waals surface area contributed by atoms with Gasteiger partial charge in [-0.2, -0.15) is 0 Å². The first kappa shape index (κ1) is 13.5. The van der Waals surface area contributed by atoms with Crippen LogP contribution in [0.1, 0.15) is 58.3 Å². The van der Waals surface area contributed by atoms with E-state index in [0.717, 1.165) is 25.9 Å². The lowest BCUT2D eigenvalue weighted by atomic mass is 10.0. The molecule has 0 aliphatic carbocycles. The van der Waals surface area contributed by atoms with E-state index in [0.29, 0.717) is 19.1 Å². The van der Waals surface area contributed by atoms with Crippen molar-refractivity contribution < 1.29 is 14.3 Å². The van der Waals surface area contributed by atoms with E-state index in [-0.39, 0.29) is 5.97 Å². The Hall–Kier alpha value is -0.570. The number of hydrogen-bond acceptors (Lipinski definition) is 3. The van der Waals surface area contributed by atoms with Gasteiger partial charge in [-0.25, -0.2) is 0 Å². The van der Waals surface area contributed by atoms with Gasteiger partial charge in [0, 0.05) is 13.0 Å². The molecule has 0 aromatic heterocycles. The van der Waals surface area contributed by atoms with Gasteiger partial charge >= 0.3 is 5.97 Å². The van der Waals surface area contributed by atoms with Gasteiger partial charge in [0.25, 0.3) is 0 Å². The molecule has 0 saturated carbocycles. The zero-order chi connectivity index (χ0) is 11.6. The van der Waals surface area contributed by atoms with E-state index < -0.39 is 0 Å². The molecule has 1 aliphatic rings. The van der Waals surface area contributed by atoms with Gasteiger partial charge in [0.05, 0.1) is 12.7 Å². The van der Waals surface area contributed by atoms with E-state index in [1.54, 1.807) is 0 Å². The Kier molecular flexibility index (Phi) is 7.23. The minimum absolute atomic E-state index is 0.0589. The third-order valence-corrected chi connectivity index (χ3v) is 2.99. The van der Waals surface area contributed by atoms with Crippen molar-refractivity contribution in [3.05, 3.63) is 0 Å². The molecule has 94 valence electrons. The van der Waals surface area contributed by atoms with Crippen LogP contribution in [0.4, 0.5) is 0 Å². The SMILES string of the molecule is CCOC(=O)CCCCCC1CCCCO1.